The molecule has 120 valence electrons. The molecule has 2 N–H and O–H groups in total. The van der Waals surface area contributed by atoms with Crippen molar-refractivity contribution >= 4 is 11.8 Å². The summed E-state index contributed by atoms with van der Waals surface area (Å²) < 4.78 is 18.0. The second-order valence-corrected chi connectivity index (χ2v) is 5.00. The van der Waals surface area contributed by atoms with Crippen LogP contribution in [0.15, 0.2) is 42.5 Å². The number of carbonyl (C=O) groups excluding carboxylic acids is 2. The van der Waals surface area contributed by atoms with Crippen LogP contribution >= 0.6 is 0 Å². The number of hydrogen-bond acceptors (Lipinski definition) is 3. The summed E-state index contributed by atoms with van der Waals surface area (Å²) in [6, 6.07) is 10.5. The van der Waals surface area contributed by atoms with Crippen LogP contribution in [0.25, 0.3) is 0 Å². The Hall–Kier alpha value is -2.89. The summed E-state index contributed by atoms with van der Waals surface area (Å²) in [5, 5.41) is 0. The van der Waals surface area contributed by atoms with Gasteiger partial charge in [0, 0.05) is 11.1 Å². The molecular formula is C17H17FN2O3. The molecule has 6 heteroatoms. The van der Waals surface area contributed by atoms with Gasteiger partial charge in [0.05, 0.1) is 13.5 Å². The number of hydrazine groups is 1. The molecule has 0 heterocycles. The normalized spacial score (nSPS) is 10.0. The molecule has 0 aromatic heterocycles. The van der Waals surface area contributed by atoms with Crippen LogP contribution in [-0.4, -0.2) is 18.9 Å². The van der Waals surface area contributed by atoms with E-state index in [1.165, 1.54) is 31.4 Å². The number of nitrogens with one attached hydrogen (secondary N) is 2. The van der Waals surface area contributed by atoms with Crippen LogP contribution in [0.3, 0.4) is 0 Å². The van der Waals surface area contributed by atoms with Crippen molar-refractivity contribution in [2.45, 2.75) is 13.3 Å². The highest BCUT2D eigenvalue weighted by Gasteiger charge is 2.11. The fraction of sp³-hybridized carbons (Fsp3) is 0.176. The fourth-order valence-corrected chi connectivity index (χ4v) is 2.06. The van der Waals surface area contributed by atoms with Crippen molar-refractivity contribution in [1.29, 1.82) is 0 Å². The Morgan fingerprint density at radius 2 is 1.78 bits per heavy atom. The molecule has 0 unspecified atom stereocenters. The first-order valence-corrected chi connectivity index (χ1v) is 6.98. The Kier molecular flexibility index (Phi) is 5.30. The molecule has 23 heavy (non-hydrogen) atoms. The number of methoxy groups -OCH3 is 1. The summed E-state index contributed by atoms with van der Waals surface area (Å²) in [7, 11) is 1.53. The highest BCUT2D eigenvalue weighted by Crippen LogP contribution is 2.19. The van der Waals surface area contributed by atoms with Crippen molar-refractivity contribution in [3.8, 4) is 5.75 Å². The quantitative estimate of drug-likeness (QED) is 0.849. The summed E-state index contributed by atoms with van der Waals surface area (Å²) in [5.74, 6) is -0.730. The van der Waals surface area contributed by atoms with Gasteiger partial charge >= 0.3 is 0 Å². The van der Waals surface area contributed by atoms with Gasteiger partial charge in [0.25, 0.3) is 5.91 Å². The smallest absolute Gasteiger partial charge is 0.269 e. The summed E-state index contributed by atoms with van der Waals surface area (Å²) in [4.78, 5) is 23.8. The predicted molar refractivity (Wildman–Crippen MR) is 83.4 cm³/mol. The average Bonchev–Trinajstić information content (AvgIpc) is 2.53. The van der Waals surface area contributed by atoms with Crippen LogP contribution < -0.4 is 15.6 Å². The molecule has 0 aliphatic heterocycles. The first kappa shape index (κ1) is 16.5. The number of rotatable bonds is 4. The van der Waals surface area contributed by atoms with Crippen molar-refractivity contribution in [3.63, 3.8) is 0 Å². The van der Waals surface area contributed by atoms with Gasteiger partial charge in [0.2, 0.25) is 5.91 Å². The van der Waals surface area contributed by atoms with Gasteiger partial charge in [0.1, 0.15) is 11.6 Å². The topological polar surface area (TPSA) is 67.4 Å². The molecule has 2 amide bonds. The Labute approximate surface area is 133 Å². The van der Waals surface area contributed by atoms with Crippen molar-refractivity contribution < 1.29 is 18.7 Å². The van der Waals surface area contributed by atoms with Gasteiger partial charge < -0.3 is 4.74 Å². The van der Waals surface area contributed by atoms with E-state index in [4.69, 9.17) is 4.74 Å². The van der Waals surface area contributed by atoms with E-state index in [1.54, 1.807) is 6.07 Å². The maximum absolute atomic E-state index is 12.8. The van der Waals surface area contributed by atoms with E-state index in [9.17, 15) is 14.0 Å². The van der Waals surface area contributed by atoms with E-state index in [2.05, 4.69) is 10.9 Å². The minimum absolute atomic E-state index is 0.0640. The van der Waals surface area contributed by atoms with Crippen molar-refractivity contribution in [2.75, 3.05) is 7.11 Å². The second kappa shape index (κ2) is 7.40. The van der Waals surface area contributed by atoms with E-state index in [0.29, 0.717) is 5.75 Å². The van der Waals surface area contributed by atoms with E-state index in [-0.39, 0.29) is 17.9 Å². The zero-order valence-corrected chi connectivity index (χ0v) is 12.9. The minimum atomic E-state index is -0.519. The first-order valence-electron chi connectivity index (χ1n) is 6.98. The largest absolute Gasteiger partial charge is 0.496 e. The maximum Gasteiger partial charge on any atom is 0.269 e. The lowest BCUT2D eigenvalue weighted by Gasteiger charge is -2.11. The number of ether oxygens (including phenoxy) is 1. The summed E-state index contributed by atoms with van der Waals surface area (Å²) in [6.45, 7) is 1.91. The molecule has 0 saturated heterocycles. The molecule has 0 spiro atoms. The molecule has 0 bridgehead atoms. The lowest BCUT2D eigenvalue weighted by molar-refractivity contribution is -0.121. The van der Waals surface area contributed by atoms with Crippen molar-refractivity contribution in [2.24, 2.45) is 0 Å². The van der Waals surface area contributed by atoms with Gasteiger partial charge in [-0.25, -0.2) is 4.39 Å². The third-order valence-electron chi connectivity index (χ3n) is 3.21. The van der Waals surface area contributed by atoms with Crippen LogP contribution in [0.5, 0.6) is 5.75 Å². The minimum Gasteiger partial charge on any atom is -0.496 e. The molecule has 0 atom stereocenters. The van der Waals surface area contributed by atoms with E-state index < -0.39 is 11.7 Å². The zero-order chi connectivity index (χ0) is 16.8. The summed E-state index contributed by atoms with van der Waals surface area (Å²) in [6.07, 6.45) is 0.0640. The molecule has 5 nitrogen and oxygen atoms in total. The second-order valence-electron chi connectivity index (χ2n) is 5.00. The van der Waals surface area contributed by atoms with Crippen LogP contribution in [0.1, 0.15) is 21.5 Å². The van der Waals surface area contributed by atoms with E-state index in [1.807, 2.05) is 19.1 Å². The average molecular weight is 316 g/mol. The molecule has 2 rings (SSSR count). The number of halogens is 1. The number of benzene rings is 2. The lowest BCUT2D eigenvalue weighted by atomic mass is 10.1. The molecule has 0 saturated carbocycles. The van der Waals surface area contributed by atoms with Gasteiger partial charge in [-0.2, -0.15) is 0 Å². The van der Waals surface area contributed by atoms with Crippen LogP contribution in [-0.2, 0) is 11.2 Å². The third-order valence-corrected chi connectivity index (χ3v) is 3.21. The first-order chi connectivity index (χ1) is 11.0. The van der Waals surface area contributed by atoms with Gasteiger partial charge in [-0.05, 0) is 37.3 Å². The van der Waals surface area contributed by atoms with Gasteiger partial charge in [-0.1, -0.05) is 17.7 Å². The fourth-order valence-electron chi connectivity index (χ4n) is 2.06. The van der Waals surface area contributed by atoms with Crippen LogP contribution in [0, 0.1) is 12.7 Å². The molecule has 2 aromatic rings. The molecule has 0 radical (unpaired) electrons. The molecule has 0 fully saturated rings. The monoisotopic (exact) mass is 316 g/mol. The Balaban J connectivity index is 1.94. The van der Waals surface area contributed by atoms with E-state index in [0.717, 1.165) is 11.1 Å². The highest BCUT2D eigenvalue weighted by atomic mass is 19.1. The Morgan fingerprint density at radius 3 is 2.43 bits per heavy atom. The molecular weight excluding hydrogens is 299 g/mol. The van der Waals surface area contributed by atoms with Crippen molar-refractivity contribution in [3.05, 3.63) is 65.0 Å². The molecule has 2 aromatic carbocycles. The lowest BCUT2D eigenvalue weighted by Crippen LogP contribution is -2.42. The van der Waals surface area contributed by atoms with Crippen molar-refractivity contribution in [1.82, 2.24) is 10.9 Å². The number of amides is 2. The SMILES string of the molecule is COc1ccc(C)cc1CC(=O)NNC(=O)c1ccc(F)cc1. The number of carbonyl (C=O) groups is 2. The summed E-state index contributed by atoms with van der Waals surface area (Å²) >= 11 is 0. The number of hydrogen-bond donors (Lipinski definition) is 2. The Morgan fingerprint density at radius 1 is 1.09 bits per heavy atom. The van der Waals surface area contributed by atoms with E-state index >= 15 is 0 Å². The summed E-state index contributed by atoms with van der Waals surface area (Å²) in [5.41, 5.74) is 6.59. The number of aryl methyl sites for hydroxylation is 1. The van der Waals surface area contributed by atoms with Crippen LogP contribution in [0.4, 0.5) is 4.39 Å². The molecule has 0 aliphatic rings. The van der Waals surface area contributed by atoms with Gasteiger partial charge in [-0.3, -0.25) is 20.4 Å². The predicted octanol–water partition coefficient (Wildman–Crippen LogP) is 2.15. The highest BCUT2D eigenvalue weighted by molar-refractivity contribution is 5.95. The third kappa shape index (κ3) is 4.54. The standard InChI is InChI=1S/C17H17FN2O3/c1-11-3-8-15(23-2)13(9-11)10-16(21)19-20-17(22)12-4-6-14(18)7-5-12/h3-9H,10H2,1-2H3,(H,19,21)(H,20,22). The Bertz CT molecular complexity index is 714. The zero-order valence-electron chi connectivity index (χ0n) is 12.9. The van der Waals surface area contributed by atoms with Crippen LogP contribution in [0.2, 0.25) is 0 Å². The maximum atomic E-state index is 12.8. The molecule has 0 aliphatic carbocycles. The van der Waals surface area contributed by atoms with Gasteiger partial charge in [-0.15, -0.1) is 0 Å². The van der Waals surface area contributed by atoms with Gasteiger partial charge in [0.15, 0.2) is 0 Å².